The third-order valence-corrected chi connectivity index (χ3v) is 2.85. The van der Waals surface area contributed by atoms with Gasteiger partial charge in [-0.25, -0.2) is 0 Å². The summed E-state index contributed by atoms with van der Waals surface area (Å²) < 4.78 is 0. The number of aromatic nitrogens is 1. The first-order chi connectivity index (χ1) is 8.15. The van der Waals surface area contributed by atoms with Crippen LogP contribution in [-0.2, 0) is 0 Å². The van der Waals surface area contributed by atoms with E-state index >= 15 is 0 Å². The second kappa shape index (κ2) is 7.37. The Bertz CT molecular complexity index is 304. The minimum absolute atomic E-state index is 0.139. The molecule has 1 aliphatic heterocycles. The predicted octanol–water partition coefficient (Wildman–Crippen LogP) is 1.21. The van der Waals surface area contributed by atoms with E-state index in [4.69, 9.17) is 10.2 Å². The van der Waals surface area contributed by atoms with E-state index in [1.807, 2.05) is 18.5 Å². The minimum Gasteiger partial charge on any atom is -0.394 e. The Balaban J connectivity index is 0.000000249. The van der Waals surface area contributed by atoms with Gasteiger partial charge in [-0.05, 0) is 45.0 Å². The number of pyridine rings is 1. The molecule has 2 heterocycles. The Hall–Kier alpha value is -0.970. The van der Waals surface area contributed by atoms with Crippen LogP contribution in [0.1, 0.15) is 31.4 Å². The van der Waals surface area contributed by atoms with Crippen LogP contribution in [0.25, 0.3) is 0 Å². The molecule has 2 N–H and O–H groups in total. The number of aliphatic hydroxyl groups is 2. The molecule has 1 aromatic heterocycles. The van der Waals surface area contributed by atoms with Crippen molar-refractivity contribution >= 4 is 0 Å². The SMILES string of the molecule is CC(O)CO.CN1CCC[C@H]1c1cccnc1. The van der Waals surface area contributed by atoms with Gasteiger partial charge in [-0.3, -0.25) is 9.88 Å². The zero-order valence-electron chi connectivity index (χ0n) is 10.6. The summed E-state index contributed by atoms with van der Waals surface area (Å²) in [6, 6.07) is 4.79. The molecule has 0 spiro atoms. The number of hydrogen-bond donors (Lipinski definition) is 2. The molecule has 1 aromatic rings. The highest BCUT2D eigenvalue weighted by Gasteiger charge is 2.21. The highest BCUT2D eigenvalue weighted by Crippen LogP contribution is 2.29. The Kier molecular flexibility index (Phi) is 6.11. The van der Waals surface area contributed by atoms with E-state index < -0.39 is 6.10 Å². The standard InChI is InChI=1S/C10H14N2.C3H8O2/c1-12-7-3-5-10(12)9-4-2-6-11-8-9;1-3(5)2-4/h2,4,6,8,10H,3,5,7H2,1H3;3-5H,2H2,1H3/t10-;/m0./s1. The van der Waals surface area contributed by atoms with Crippen LogP contribution in [0, 0.1) is 0 Å². The van der Waals surface area contributed by atoms with Gasteiger partial charge in [-0.1, -0.05) is 6.07 Å². The van der Waals surface area contributed by atoms with Crippen LogP contribution in [-0.4, -0.2) is 46.4 Å². The molecule has 0 aromatic carbocycles. The number of hydrogen-bond acceptors (Lipinski definition) is 4. The van der Waals surface area contributed by atoms with Crippen molar-refractivity contribution in [3.8, 4) is 0 Å². The van der Waals surface area contributed by atoms with Crippen LogP contribution in [0.4, 0.5) is 0 Å². The molecule has 17 heavy (non-hydrogen) atoms. The van der Waals surface area contributed by atoms with Crippen molar-refractivity contribution in [2.75, 3.05) is 20.2 Å². The van der Waals surface area contributed by atoms with Crippen molar-refractivity contribution in [2.24, 2.45) is 0 Å². The molecule has 2 atom stereocenters. The summed E-state index contributed by atoms with van der Waals surface area (Å²) in [7, 11) is 2.19. The van der Waals surface area contributed by atoms with Crippen LogP contribution in [0.2, 0.25) is 0 Å². The molecule has 0 saturated carbocycles. The fraction of sp³-hybridized carbons (Fsp3) is 0.615. The molecule has 0 aliphatic carbocycles. The molecule has 0 bridgehead atoms. The van der Waals surface area contributed by atoms with Crippen molar-refractivity contribution in [1.29, 1.82) is 0 Å². The molecule has 96 valence electrons. The molecular formula is C13H22N2O2. The molecule has 1 saturated heterocycles. The van der Waals surface area contributed by atoms with Gasteiger partial charge in [0.05, 0.1) is 12.7 Å². The Morgan fingerprint density at radius 2 is 2.29 bits per heavy atom. The topological polar surface area (TPSA) is 56.6 Å². The molecule has 2 rings (SSSR count). The minimum atomic E-state index is -0.560. The van der Waals surface area contributed by atoms with Crippen LogP contribution >= 0.6 is 0 Å². The van der Waals surface area contributed by atoms with Gasteiger partial charge in [0.15, 0.2) is 0 Å². The lowest BCUT2D eigenvalue weighted by molar-refractivity contribution is 0.110. The molecule has 0 radical (unpaired) electrons. The lowest BCUT2D eigenvalue weighted by Gasteiger charge is -2.18. The maximum absolute atomic E-state index is 8.11. The normalized spacial score (nSPS) is 21.8. The summed E-state index contributed by atoms with van der Waals surface area (Å²) in [4.78, 5) is 6.54. The fourth-order valence-electron chi connectivity index (χ4n) is 1.90. The summed E-state index contributed by atoms with van der Waals surface area (Å²) >= 11 is 0. The van der Waals surface area contributed by atoms with E-state index in [2.05, 4.69) is 23.0 Å². The Morgan fingerprint density at radius 1 is 1.59 bits per heavy atom. The van der Waals surface area contributed by atoms with Crippen molar-refractivity contribution in [2.45, 2.75) is 31.9 Å². The van der Waals surface area contributed by atoms with Crippen molar-refractivity contribution in [1.82, 2.24) is 9.88 Å². The maximum atomic E-state index is 8.11. The first kappa shape index (κ1) is 14.1. The molecular weight excluding hydrogens is 216 g/mol. The summed E-state index contributed by atoms with van der Waals surface area (Å²) in [5.74, 6) is 0. The molecule has 4 nitrogen and oxygen atoms in total. The van der Waals surface area contributed by atoms with E-state index in [9.17, 15) is 0 Å². The molecule has 4 heteroatoms. The monoisotopic (exact) mass is 238 g/mol. The zero-order valence-corrected chi connectivity index (χ0v) is 10.6. The summed E-state index contributed by atoms with van der Waals surface area (Å²) in [6.07, 6.45) is 5.85. The van der Waals surface area contributed by atoms with Crippen LogP contribution < -0.4 is 0 Å². The van der Waals surface area contributed by atoms with Gasteiger partial charge in [0.1, 0.15) is 0 Å². The summed E-state index contributed by atoms with van der Waals surface area (Å²) in [6.45, 7) is 2.61. The van der Waals surface area contributed by atoms with E-state index in [1.165, 1.54) is 31.9 Å². The first-order valence-electron chi connectivity index (χ1n) is 6.04. The summed E-state index contributed by atoms with van der Waals surface area (Å²) in [5, 5.41) is 16.0. The van der Waals surface area contributed by atoms with Gasteiger partial charge >= 0.3 is 0 Å². The summed E-state index contributed by atoms with van der Waals surface area (Å²) in [5.41, 5.74) is 1.36. The smallest absolute Gasteiger partial charge is 0.0742 e. The quantitative estimate of drug-likeness (QED) is 0.813. The van der Waals surface area contributed by atoms with E-state index in [0.717, 1.165) is 0 Å². The Labute approximate surface area is 103 Å². The van der Waals surface area contributed by atoms with Gasteiger partial charge in [-0.2, -0.15) is 0 Å². The van der Waals surface area contributed by atoms with Gasteiger partial charge in [0.25, 0.3) is 0 Å². The number of likely N-dealkylation sites (tertiary alicyclic amines) is 1. The average Bonchev–Trinajstić information content (AvgIpc) is 2.77. The van der Waals surface area contributed by atoms with Gasteiger partial charge < -0.3 is 10.2 Å². The van der Waals surface area contributed by atoms with Crippen molar-refractivity contribution in [3.63, 3.8) is 0 Å². The first-order valence-corrected chi connectivity index (χ1v) is 6.04. The zero-order chi connectivity index (χ0) is 12.7. The Morgan fingerprint density at radius 3 is 2.71 bits per heavy atom. The van der Waals surface area contributed by atoms with Gasteiger partial charge in [-0.15, -0.1) is 0 Å². The molecule has 0 amide bonds. The van der Waals surface area contributed by atoms with Crippen molar-refractivity contribution < 1.29 is 10.2 Å². The lowest BCUT2D eigenvalue weighted by Crippen LogP contribution is -2.17. The lowest BCUT2D eigenvalue weighted by atomic mass is 10.1. The van der Waals surface area contributed by atoms with Crippen molar-refractivity contribution in [3.05, 3.63) is 30.1 Å². The van der Waals surface area contributed by atoms with Crippen LogP contribution in [0.5, 0.6) is 0 Å². The van der Waals surface area contributed by atoms with E-state index in [0.29, 0.717) is 6.04 Å². The molecule has 1 fully saturated rings. The van der Waals surface area contributed by atoms with Crippen LogP contribution in [0.15, 0.2) is 24.5 Å². The third kappa shape index (κ3) is 4.81. The third-order valence-electron chi connectivity index (χ3n) is 2.85. The predicted molar refractivity (Wildman–Crippen MR) is 67.6 cm³/mol. The van der Waals surface area contributed by atoms with E-state index in [-0.39, 0.29) is 6.61 Å². The maximum Gasteiger partial charge on any atom is 0.0742 e. The van der Waals surface area contributed by atoms with Crippen LogP contribution in [0.3, 0.4) is 0 Å². The second-order valence-corrected chi connectivity index (χ2v) is 4.46. The fourth-order valence-corrected chi connectivity index (χ4v) is 1.90. The molecule has 1 unspecified atom stereocenters. The van der Waals surface area contributed by atoms with Gasteiger partial charge in [0, 0.05) is 18.4 Å². The second-order valence-electron chi connectivity index (χ2n) is 4.46. The largest absolute Gasteiger partial charge is 0.394 e. The number of aliphatic hydroxyl groups excluding tert-OH is 2. The number of nitrogens with zero attached hydrogens (tertiary/aromatic N) is 2. The highest BCUT2D eigenvalue weighted by molar-refractivity contribution is 5.14. The van der Waals surface area contributed by atoms with Gasteiger partial charge in [0.2, 0.25) is 0 Å². The average molecular weight is 238 g/mol. The highest BCUT2D eigenvalue weighted by atomic mass is 16.3. The molecule has 1 aliphatic rings. The number of rotatable bonds is 2. The van der Waals surface area contributed by atoms with E-state index in [1.54, 1.807) is 0 Å².